The first kappa shape index (κ1) is 19.4. The fourth-order valence-corrected chi connectivity index (χ4v) is 4.51. The molecule has 31 heavy (non-hydrogen) atoms. The Labute approximate surface area is 178 Å². The normalized spacial score (nSPS) is 19.7. The predicted octanol–water partition coefficient (Wildman–Crippen LogP) is 2.88. The molecule has 2 aliphatic rings. The van der Waals surface area contributed by atoms with Gasteiger partial charge in [0, 0.05) is 30.9 Å². The van der Waals surface area contributed by atoms with Crippen LogP contribution in [0.5, 0.6) is 0 Å². The van der Waals surface area contributed by atoms with Crippen LogP contribution in [0, 0.1) is 5.82 Å². The number of hydrogen-bond donors (Lipinski definition) is 3. The van der Waals surface area contributed by atoms with E-state index in [1.165, 1.54) is 18.5 Å². The minimum absolute atomic E-state index is 0.0533. The van der Waals surface area contributed by atoms with Gasteiger partial charge >= 0.3 is 0 Å². The van der Waals surface area contributed by atoms with E-state index in [0.29, 0.717) is 36.3 Å². The van der Waals surface area contributed by atoms with Crippen molar-refractivity contribution >= 4 is 17.2 Å². The largest absolute Gasteiger partial charge is 0.396 e. The van der Waals surface area contributed by atoms with Gasteiger partial charge in [-0.1, -0.05) is 36.4 Å². The molecule has 0 saturated carbocycles. The number of aliphatic hydroxyl groups excluding tert-OH is 1. The molecule has 2 atom stereocenters. The average Bonchev–Trinajstić information content (AvgIpc) is 3.18. The van der Waals surface area contributed by atoms with E-state index in [9.17, 15) is 14.3 Å². The summed E-state index contributed by atoms with van der Waals surface area (Å²) in [6.07, 6.45) is 4.05. The lowest BCUT2D eigenvalue weighted by Gasteiger charge is -2.37. The van der Waals surface area contributed by atoms with Crippen LogP contribution < -0.4 is 10.6 Å². The third-order valence-corrected chi connectivity index (χ3v) is 5.81. The molecule has 158 valence electrons. The van der Waals surface area contributed by atoms with Crippen LogP contribution in [0.25, 0.3) is 5.57 Å². The second kappa shape index (κ2) is 7.96. The number of nitrogens with zero attached hydrogens (tertiary/aromatic N) is 3. The Bertz CT molecular complexity index is 1160. The van der Waals surface area contributed by atoms with Gasteiger partial charge in [0.25, 0.3) is 5.91 Å². The molecule has 8 heteroatoms. The topological polar surface area (TPSA) is 92.1 Å². The summed E-state index contributed by atoms with van der Waals surface area (Å²) < 4.78 is 16.2. The fourth-order valence-electron chi connectivity index (χ4n) is 4.51. The van der Waals surface area contributed by atoms with Gasteiger partial charge in [0.15, 0.2) is 0 Å². The number of nitrogens with one attached hydrogen (secondary N) is 2. The highest BCUT2D eigenvalue weighted by molar-refractivity contribution is 6.04. The highest BCUT2D eigenvalue weighted by Crippen LogP contribution is 2.50. The molecule has 0 spiro atoms. The van der Waals surface area contributed by atoms with E-state index in [4.69, 9.17) is 0 Å². The highest BCUT2D eigenvalue weighted by atomic mass is 19.1. The minimum atomic E-state index is -0.464. The number of rotatable bonds is 5. The van der Waals surface area contributed by atoms with Crippen molar-refractivity contribution in [3.8, 4) is 0 Å². The molecule has 3 N–H and O–H groups in total. The first-order valence-corrected chi connectivity index (χ1v) is 10.3. The lowest BCUT2D eigenvalue weighted by atomic mass is 9.77. The molecular weight excluding hydrogens is 397 g/mol. The van der Waals surface area contributed by atoms with E-state index in [2.05, 4.69) is 20.7 Å². The molecule has 1 amide bonds. The summed E-state index contributed by atoms with van der Waals surface area (Å²) in [4.78, 5) is 17.2. The second-order valence-corrected chi connectivity index (χ2v) is 7.67. The Kier molecular flexibility index (Phi) is 4.99. The molecule has 0 radical (unpaired) electrons. The van der Waals surface area contributed by atoms with Crippen LogP contribution in [0.3, 0.4) is 0 Å². The minimum Gasteiger partial charge on any atom is -0.396 e. The maximum absolute atomic E-state index is 14.4. The maximum Gasteiger partial charge on any atom is 0.252 e. The summed E-state index contributed by atoms with van der Waals surface area (Å²) in [5.74, 6) is -0.291. The van der Waals surface area contributed by atoms with Gasteiger partial charge in [-0.15, -0.1) is 0 Å². The fraction of sp³-hybridized carbons (Fsp3) is 0.261. The van der Waals surface area contributed by atoms with E-state index in [0.717, 1.165) is 17.0 Å². The van der Waals surface area contributed by atoms with Crippen LogP contribution in [0.4, 0.5) is 10.1 Å². The van der Waals surface area contributed by atoms with E-state index < -0.39 is 5.82 Å². The standard InChI is InChI=1S/C23H22FN5O2/c24-15-11-17-19-16(7-8-25-23(17)31)20(22-26-13-27-29(22)9-4-10-30)21(28-18(19)12-15)14-5-2-1-3-6-14/h1-3,5-7,11-13,20-21,28,30H,4,8-10H2,(H,25,31). The summed E-state index contributed by atoms with van der Waals surface area (Å²) >= 11 is 0. The van der Waals surface area contributed by atoms with Crippen LogP contribution in [0.15, 0.2) is 54.9 Å². The van der Waals surface area contributed by atoms with Crippen molar-refractivity contribution < 1.29 is 14.3 Å². The molecule has 2 unspecified atom stereocenters. The van der Waals surface area contributed by atoms with Crippen molar-refractivity contribution in [3.63, 3.8) is 0 Å². The molecule has 0 saturated heterocycles. The molecular formula is C23H22FN5O2. The van der Waals surface area contributed by atoms with Gasteiger partial charge in [0.2, 0.25) is 0 Å². The van der Waals surface area contributed by atoms with Crippen LogP contribution in [0.1, 0.15) is 45.7 Å². The predicted molar refractivity (Wildman–Crippen MR) is 114 cm³/mol. The number of anilines is 1. The van der Waals surface area contributed by atoms with Gasteiger partial charge in [-0.3, -0.25) is 4.79 Å². The second-order valence-electron chi connectivity index (χ2n) is 7.67. The SMILES string of the molecule is O=C1NCC=C2c3c(cc(F)cc31)NC(c1ccccc1)C2c1ncnn1CCCO. The van der Waals surface area contributed by atoms with Crippen molar-refractivity contribution in [1.82, 2.24) is 20.1 Å². The molecule has 0 fully saturated rings. The third kappa shape index (κ3) is 3.38. The molecule has 2 aliphatic heterocycles. The summed E-state index contributed by atoms with van der Waals surface area (Å²) in [5, 5.41) is 20.0. The maximum atomic E-state index is 14.4. The summed E-state index contributed by atoms with van der Waals surface area (Å²) in [7, 11) is 0. The monoisotopic (exact) mass is 419 g/mol. The van der Waals surface area contributed by atoms with Crippen molar-refractivity contribution in [2.45, 2.75) is 24.9 Å². The van der Waals surface area contributed by atoms with Crippen molar-refractivity contribution in [1.29, 1.82) is 0 Å². The smallest absolute Gasteiger partial charge is 0.252 e. The molecule has 0 bridgehead atoms. The van der Waals surface area contributed by atoms with E-state index in [1.54, 1.807) is 4.68 Å². The zero-order valence-electron chi connectivity index (χ0n) is 16.8. The van der Waals surface area contributed by atoms with Crippen LogP contribution >= 0.6 is 0 Å². The molecule has 7 nitrogen and oxygen atoms in total. The molecule has 2 aromatic carbocycles. The summed E-state index contributed by atoms with van der Waals surface area (Å²) in [6.45, 7) is 0.918. The number of amides is 1. The zero-order chi connectivity index (χ0) is 21.4. The number of aliphatic hydroxyl groups is 1. The lowest BCUT2D eigenvalue weighted by molar-refractivity contribution is 0.0958. The Hall–Kier alpha value is -3.52. The number of benzene rings is 2. The quantitative estimate of drug-likeness (QED) is 0.592. The van der Waals surface area contributed by atoms with Crippen molar-refractivity contribution in [3.05, 3.63) is 83.2 Å². The number of halogens is 1. The third-order valence-electron chi connectivity index (χ3n) is 5.81. The van der Waals surface area contributed by atoms with E-state index in [1.807, 2.05) is 36.4 Å². The lowest BCUT2D eigenvalue weighted by Crippen LogP contribution is -2.29. The number of aromatic nitrogens is 3. The first-order chi connectivity index (χ1) is 15.2. The number of hydrogen-bond acceptors (Lipinski definition) is 5. The van der Waals surface area contributed by atoms with Gasteiger partial charge in [-0.05, 0) is 29.7 Å². The van der Waals surface area contributed by atoms with Gasteiger partial charge in [0.05, 0.1) is 17.5 Å². The Morgan fingerprint density at radius 2 is 2.06 bits per heavy atom. The van der Waals surface area contributed by atoms with Crippen LogP contribution in [-0.4, -0.2) is 38.9 Å². The van der Waals surface area contributed by atoms with Crippen molar-refractivity contribution in [2.75, 3.05) is 18.5 Å². The number of carbonyl (C=O) groups excluding carboxylic acids is 1. The highest BCUT2D eigenvalue weighted by Gasteiger charge is 2.40. The molecule has 0 aliphatic carbocycles. The van der Waals surface area contributed by atoms with Gasteiger partial charge in [-0.2, -0.15) is 5.10 Å². The average molecular weight is 419 g/mol. The summed E-state index contributed by atoms with van der Waals surface area (Å²) in [6, 6.07) is 12.4. The van der Waals surface area contributed by atoms with E-state index in [-0.39, 0.29) is 24.5 Å². The molecule has 3 heterocycles. The molecule has 3 aromatic rings. The summed E-state index contributed by atoms with van der Waals surface area (Å²) in [5.41, 5.74) is 3.53. The number of aryl methyl sites for hydroxylation is 1. The first-order valence-electron chi connectivity index (χ1n) is 10.3. The number of carbonyl (C=O) groups is 1. The zero-order valence-corrected chi connectivity index (χ0v) is 16.8. The molecule has 1 aromatic heterocycles. The van der Waals surface area contributed by atoms with Crippen LogP contribution in [0.2, 0.25) is 0 Å². The van der Waals surface area contributed by atoms with Crippen molar-refractivity contribution in [2.24, 2.45) is 0 Å². The Morgan fingerprint density at radius 1 is 1.23 bits per heavy atom. The van der Waals surface area contributed by atoms with Gasteiger partial charge < -0.3 is 15.7 Å². The van der Waals surface area contributed by atoms with Gasteiger partial charge in [-0.25, -0.2) is 14.1 Å². The Balaban J connectivity index is 1.73. The van der Waals surface area contributed by atoms with E-state index >= 15 is 0 Å². The molecule has 5 rings (SSSR count). The van der Waals surface area contributed by atoms with Crippen LogP contribution in [-0.2, 0) is 6.54 Å². The van der Waals surface area contributed by atoms with Gasteiger partial charge in [0.1, 0.15) is 18.0 Å². The Morgan fingerprint density at radius 3 is 2.87 bits per heavy atom.